The van der Waals surface area contributed by atoms with Gasteiger partial charge in [-0.1, -0.05) is 29.8 Å². The van der Waals surface area contributed by atoms with Crippen LogP contribution in [0.4, 0.5) is 0 Å². The van der Waals surface area contributed by atoms with Crippen LogP contribution in [0.1, 0.15) is 30.5 Å². The third-order valence-electron chi connectivity index (χ3n) is 5.29. The van der Waals surface area contributed by atoms with Gasteiger partial charge in [-0.05, 0) is 44.5 Å². The van der Waals surface area contributed by atoms with Crippen molar-refractivity contribution in [3.63, 3.8) is 0 Å². The number of aryl methyl sites for hydroxylation is 2. The minimum Gasteiger partial charge on any atom is -0.382 e. The summed E-state index contributed by atoms with van der Waals surface area (Å²) in [5, 5.41) is 0.565. The zero-order chi connectivity index (χ0) is 21.5. The molecule has 152 valence electrons. The normalized spacial score (nSPS) is 18.3. The number of nitrogens with two attached hydrogens (primary N) is 1. The SMILES string of the molecule is CCn1cc(C2(c3cccc(-c4cncc(Cl)c4)c3)N=C(C)C(N)=N2)cc(C)c1=O. The van der Waals surface area contributed by atoms with Gasteiger partial charge >= 0.3 is 0 Å². The molecule has 3 aromatic rings. The largest absolute Gasteiger partial charge is 0.382 e. The second-order valence-corrected chi connectivity index (χ2v) is 7.78. The monoisotopic (exact) mass is 419 g/mol. The molecule has 6 nitrogen and oxygen atoms in total. The maximum Gasteiger partial charge on any atom is 0.253 e. The lowest BCUT2D eigenvalue weighted by Crippen LogP contribution is -2.28. The predicted molar refractivity (Wildman–Crippen MR) is 121 cm³/mol. The van der Waals surface area contributed by atoms with E-state index in [1.54, 1.807) is 23.9 Å². The Morgan fingerprint density at radius 3 is 2.53 bits per heavy atom. The highest BCUT2D eigenvalue weighted by Crippen LogP contribution is 2.40. The molecule has 2 N–H and O–H groups in total. The average Bonchev–Trinajstić information content (AvgIpc) is 3.05. The molecule has 0 spiro atoms. The van der Waals surface area contributed by atoms with Crippen LogP contribution in [0.2, 0.25) is 5.02 Å². The Morgan fingerprint density at radius 1 is 1.07 bits per heavy atom. The van der Waals surface area contributed by atoms with Crippen molar-refractivity contribution in [2.45, 2.75) is 33.0 Å². The highest BCUT2D eigenvalue weighted by atomic mass is 35.5. The smallest absolute Gasteiger partial charge is 0.253 e. The number of halogens is 1. The van der Waals surface area contributed by atoms with Gasteiger partial charge in [0.2, 0.25) is 5.66 Å². The van der Waals surface area contributed by atoms with E-state index >= 15 is 0 Å². The molecular weight excluding hydrogens is 398 g/mol. The number of hydrogen-bond donors (Lipinski definition) is 1. The van der Waals surface area contributed by atoms with Crippen LogP contribution in [0.3, 0.4) is 0 Å². The zero-order valence-corrected chi connectivity index (χ0v) is 17.8. The first-order chi connectivity index (χ1) is 14.3. The molecule has 7 heteroatoms. The van der Waals surface area contributed by atoms with Gasteiger partial charge in [-0.15, -0.1) is 0 Å². The number of hydrogen-bond acceptors (Lipinski definition) is 5. The third kappa shape index (κ3) is 3.33. The van der Waals surface area contributed by atoms with Crippen LogP contribution < -0.4 is 11.3 Å². The first-order valence-electron chi connectivity index (χ1n) is 9.69. The maximum absolute atomic E-state index is 12.5. The number of pyridine rings is 2. The first kappa shape index (κ1) is 20.0. The standard InChI is InChI=1S/C23H22ClN5O/c1-4-29-13-19(8-14(2)22(29)30)23(27-15(3)21(25)28-23)18-7-5-6-16(9-18)17-10-20(24)12-26-11-17/h5-13H,4H2,1-3H3,(H2,25,28). The van der Waals surface area contributed by atoms with Crippen molar-refractivity contribution in [2.24, 2.45) is 15.7 Å². The van der Waals surface area contributed by atoms with E-state index in [4.69, 9.17) is 27.3 Å². The second kappa shape index (κ2) is 7.54. The lowest BCUT2D eigenvalue weighted by molar-refractivity contribution is 0.571. The van der Waals surface area contributed by atoms with Gasteiger partial charge in [-0.2, -0.15) is 0 Å². The minimum absolute atomic E-state index is 0.0224. The Morgan fingerprint density at radius 2 is 1.87 bits per heavy atom. The second-order valence-electron chi connectivity index (χ2n) is 7.34. The van der Waals surface area contributed by atoms with Crippen molar-refractivity contribution in [1.82, 2.24) is 9.55 Å². The molecular formula is C23H22ClN5O. The Balaban J connectivity index is 1.96. The molecule has 0 aliphatic carbocycles. The molecule has 1 aliphatic rings. The number of aliphatic imine (C=N–C) groups is 2. The number of amidine groups is 1. The lowest BCUT2D eigenvalue weighted by Gasteiger charge is -2.26. The van der Waals surface area contributed by atoms with Gasteiger partial charge < -0.3 is 10.3 Å². The summed E-state index contributed by atoms with van der Waals surface area (Å²) in [5.74, 6) is 0.386. The van der Waals surface area contributed by atoms with Gasteiger partial charge in [-0.3, -0.25) is 9.78 Å². The van der Waals surface area contributed by atoms with Crippen LogP contribution in [-0.4, -0.2) is 21.1 Å². The van der Waals surface area contributed by atoms with E-state index in [1.165, 1.54) is 0 Å². The topological polar surface area (TPSA) is 85.6 Å². The Labute approximate surface area is 179 Å². The van der Waals surface area contributed by atoms with Crippen molar-refractivity contribution >= 4 is 23.1 Å². The molecule has 0 saturated carbocycles. The number of rotatable bonds is 4. The maximum atomic E-state index is 12.5. The molecule has 1 aliphatic heterocycles. The van der Waals surface area contributed by atoms with Crippen molar-refractivity contribution in [3.05, 3.63) is 87.1 Å². The molecule has 0 radical (unpaired) electrons. The molecule has 1 atom stereocenters. The summed E-state index contributed by atoms with van der Waals surface area (Å²) in [6, 6.07) is 11.6. The van der Waals surface area contributed by atoms with Gasteiger partial charge in [0.15, 0.2) is 0 Å². The van der Waals surface area contributed by atoms with E-state index in [2.05, 4.69) is 4.98 Å². The Kier molecular flexibility index (Phi) is 5.03. The summed E-state index contributed by atoms with van der Waals surface area (Å²) in [5.41, 5.74) is 9.86. The fraction of sp³-hybridized carbons (Fsp3) is 0.217. The van der Waals surface area contributed by atoms with Crippen LogP contribution in [0.25, 0.3) is 11.1 Å². The summed E-state index contributed by atoms with van der Waals surface area (Å²) in [6.07, 6.45) is 5.18. The van der Waals surface area contributed by atoms with E-state index < -0.39 is 5.66 Å². The molecule has 3 heterocycles. The van der Waals surface area contributed by atoms with E-state index in [0.29, 0.717) is 28.7 Å². The number of nitrogens with zero attached hydrogens (tertiary/aromatic N) is 4. The zero-order valence-electron chi connectivity index (χ0n) is 17.1. The molecule has 0 fully saturated rings. The van der Waals surface area contributed by atoms with Crippen molar-refractivity contribution in [3.8, 4) is 11.1 Å². The van der Waals surface area contributed by atoms with Crippen LogP contribution in [-0.2, 0) is 12.2 Å². The van der Waals surface area contributed by atoms with Crippen LogP contribution in [0.15, 0.2) is 69.8 Å². The average molecular weight is 420 g/mol. The molecule has 0 bridgehead atoms. The highest BCUT2D eigenvalue weighted by Gasteiger charge is 2.39. The van der Waals surface area contributed by atoms with Crippen molar-refractivity contribution < 1.29 is 0 Å². The summed E-state index contributed by atoms with van der Waals surface area (Å²) < 4.78 is 1.67. The van der Waals surface area contributed by atoms with Crippen LogP contribution >= 0.6 is 11.6 Å². The quantitative estimate of drug-likeness (QED) is 0.695. The number of benzene rings is 1. The van der Waals surface area contributed by atoms with Gasteiger partial charge in [0.05, 0.1) is 10.7 Å². The van der Waals surface area contributed by atoms with E-state index in [9.17, 15) is 4.79 Å². The third-order valence-corrected chi connectivity index (χ3v) is 5.50. The molecule has 1 aromatic carbocycles. The molecule has 30 heavy (non-hydrogen) atoms. The number of aromatic nitrogens is 2. The minimum atomic E-state index is -1.05. The van der Waals surface area contributed by atoms with E-state index in [-0.39, 0.29) is 5.56 Å². The lowest BCUT2D eigenvalue weighted by atomic mass is 9.90. The molecule has 2 aromatic heterocycles. The summed E-state index contributed by atoms with van der Waals surface area (Å²) in [4.78, 5) is 26.3. The van der Waals surface area contributed by atoms with E-state index in [0.717, 1.165) is 22.3 Å². The summed E-state index contributed by atoms with van der Waals surface area (Å²) in [6.45, 7) is 6.14. The first-order valence-corrected chi connectivity index (χ1v) is 10.1. The molecule has 0 saturated heterocycles. The predicted octanol–water partition coefficient (Wildman–Crippen LogP) is 3.92. The summed E-state index contributed by atoms with van der Waals surface area (Å²) in [7, 11) is 0. The molecule has 4 rings (SSSR count). The summed E-state index contributed by atoms with van der Waals surface area (Å²) >= 11 is 6.13. The van der Waals surface area contributed by atoms with E-state index in [1.807, 2.05) is 56.4 Å². The fourth-order valence-corrected chi connectivity index (χ4v) is 3.88. The van der Waals surface area contributed by atoms with Crippen LogP contribution in [0.5, 0.6) is 0 Å². The van der Waals surface area contributed by atoms with Gasteiger partial charge in [0.1, 0.15) is 5.84 Å². The van der Waals surface area contributed by atoms with Gasteiger partial charge in [0.25, 0.3) is 5.56 Å². The van der Waals surface area contributed by atoms with Gasteiger partial charge in [0, 0.05) is 47.4 Å². The molecule has 0 amide bonds. The van der Waals surface area contributed by atoms with Crippen molar-refractivity contribution in [1.29, 1.82) is 0 Å². The van der Waals surface area contributed by atoms with Crippen molar-refractivity contribution in [2.75, 3.05) is 0 Å². The molecule has 1 unspecified atom stereocenters. The highest BCUT2D eigenvalue weighted by molar-refractivity contribution is 6.41. The fourth-order valence-electron chi connectivity index (χ4n) is 3.70. The Bertz CT molecular complexity index is 1240. The Hall–Kier alpha value is -3.25. The van der Waals surface area contributed by atoms with Gasteiger partial charge in [-0.25, -0.2) is 9.98 Å². The van der Waals surface area contributed by atoms with Crippen LogP contribution in [0, 0.1) is 6.92 Å².